The predicted molar refractivity (Wildman–Crippen MR) is 60.0 cm³/mol. The van der Waals surface area contributed by atoms with Crippen molar-refractivity contribution in [3.63, 3.8) is 0 Å². The first-order chi connectivity index (χ1) is 8.71. The lowest BCUT2D eigenvalue weighted by Crippen LogP contribution is -2.22. The van der Waals surface area contributed by atoms with Crippen LogP contribution < -0.4 is 0 Å². The minimum absolute atomic E-state index is 0.0189. The van der Waals surface area contributed by atoms with E-state index in [1.807, 2.05) is 0 Å². The number of hydrogen-bond acceptors (Lipinski definition) is 2. The number of carboxylic acid groups (broad SMARTS) is 1. The average Bonchev–Trinajstić information content (AvgIpc) is 3.02. The molecule has 0 aliphatic carbocycles. The summed E-state index contributed by atoms with van der Waals surface area (Å²) in [6.07, 6.45) is -4.65. The van der Waals surface area contributed by atoms with Crippen LogP contribution in [0.3, 0.4) is 0 Å². The monoisotopic (exact) mass is 277 g/mol. The molecule has 1 aliphatic heterocycles. The van der Waals surface area contributed by atoms with Crippen LogP contribution in [0.2, 0.25) is 0 Å². The number of epoxide rings is 1. The maximum absolute atomic E-state index is 12.9. The van der Waals surface area contributed by atoms with Crippen molar-refractivity contribution >= 4 is 5.97 Å². The van der Waals surface area contributed by atoms with E-state index in [0.29, 0.717) is 6.61 Å². The number of aromatic nitrogens is 1. The fourth-order valence-electron chi connectivity index (χ4n) is 2.18. The van der Waals surface area contributed by atoms with Gasteiger partial charge in [-0.2, -0.15) is 13.2 Å². The quantitative estimate of drug-likeness (QED) is 0.860. The third kappa shape index (κ3) is 2.75. The molecule has 2 rings (SSSR count). The number of carbonyl (C=O) groups is 1. The summed E-state index contributed by atoms with van der Waals surface area (Å²) < 4.78 is 44.7. The van der Waals surface area contributed by atoms with Gasteiger partial charge in [0.05, 0.1) is 12.7 Å². The van der Waals surface area contributed by atoms with Gasteiger partial charge in [0.15, 0.2) is 0 Å². The second kappa shape index (κ2) is 4.56. The Morgan fingerprint density at radius 1 is 1.63 bits per heavy atom. The molecule has 0 radical (unpaired) electrons. The van der Waals surface area contributed by atoms with E-state index in [2.05, 4.69) is 0 Å². The third-order valence-electron chi connectivity index (χ3n) is 3.24. The Labute approximate surface area is 107 Å². The molecule has 2 atom stereocenters. The van der Waals surface area contributed by atoms with Gasteiger partial charge in [-0.05, 0) is 18.6 Å². The molecule has 1 fully saturated rings. The van der Waals surface area contributed by atoms with Gasteiger partial charge in [0, 0.05) is 12.5 Å². The molecular weight excluding hydrogens is 263 g/mol. The van der Waals surface area contributed by atoms with Crippen LogP contribution in [0, 0.1) is 12.8 Å². The van der Waals surface area contributed by atoms with E-state index in [1.54, 1.807) is 6.92 Å². The van der Waals surface area contributed by atoms with E-state index in [0.717, 1.165) is 10.6 Å². The number of ether oxygens (including phenoxy) is 1. The Morgan fingerprint density at radius 2 is 2.21 bits per heavy atom. The van der Waals surface area contributed by atoms with Gasteiger partial charge < -0.3 is 14.4 Å². The highest BCUT2D eigenvalue weighted by Gasteiger charge is 2.39. The van der Waals surface area contributed by atoms with Gasteiger partial charge in [-0.15, -0.1) is 0 Å². The Balaban J connectivity index is 2.43. The van der Waals surface area contributed by atoms with E-state index in [4.69, 9.17) is 9.84 Å². The molecule has 7 heteroatoms. The largest absolute Gasteiger partial charge is 0.477 e. The minimum atomic E-state index is -4.57. The molecule has 1 saturated heterocycles. The summed E-state index contributed by atoms with van der Waals surface area (Å²) in [5.74, 6) is -1.51. The molecule has 1 aliphatic rings. The number of aryl methyl sites for hydroxylation is 1. The maximum atomic E-state index is 12.9. The van der Waals surface area contributed by atoms with Crippen LogP contribution in [-0.2, 0) is 17.5 Å². The lowest BCUT2D eigenvalue weighted by atomic mass is 10.1. The summed E-state index contributed by atoms with van der Waals surface area (Å²) in [6, 6.07) is 0.879. The topological polar surface area (TPSA) is 54.8 Å². The molecule has 2 unspecified atom stereocenters. The zero-order chi connectivity index (χ0) is 14.4. The highest BCUT2D eigenvalue weighted by molar-refractivity contribution is 5.88. The van der Waals surface area contributed by atoms with Crippen molar-refractivity contribution in [2.75, 3.05) is 6.61 Å². The van der Waals surface area contributed by atoms with Crippen molar-refractivity contribution in [3.8, 4) is 0 Å². The average molecular weight is 277 g/mol. The van der Waals surface area contributed by atoms with Crippen LogP contribution in [0.1, 0.15) is 28.7 Å². The summed E-state index contributed by atoms with van der Waals surface area (Å²) >= 11 is 0. The number of carboxylic acids is 1. The standard InChI is InChI=1S/C12H14F3NO3/c1-6-3-9(12(13,14)15)16(10(6)11(17)18)4-7(2)8-5-19-8/h3,7-8H,4-5H2,1-2H3,(H,17,18). The molecule has 4 nitrogen and oxygen atoms in total. The first-order valence-electron chi connectivity index (χ1n) is 5.84. The Morgan fingerprint density at radius 3 is 2.63 bits per heavy atom. The lowest BCUT2D eigenvalue weighted by Gasteiger charge is -2.17. The van der Waals surface area contributed by atoms with Crippen LogP contribution in [0.5, 0.6) is 0 Å². The van der Waals surface area contributed by atoms with Gasteiger partial charge >= 0.3 is 12.1 Å². The summed E-state index contributed by atoms with van der Waals surface area (Å²) in [7, 11) is 0. The summed E-state index contributed by atoms with van der Waals surface area (Å²) in [6.45, 7) is 3.62. The molecule has 19 heavy (non-hydrogen) atoms. The Kier molecular flexibility index (Phi) is 3.34. The van der Waals surface area contributed by atoms with Crippen LogP contribution in [0.25, 0.3) is 0 Å². The molecule has 0 bridgehead atoms. The maximum Gasteiger partial charge on any atom is 0.431 e. The van der Waals surface area contributed by atoms with E-state index < -0.39 is 17.8 Å². The molecule has 1 aromatic heterocycles. The highest BCUT2D eigenvalue weighted by atomic mass is 19.4. The number of rotatable bonds is 4. The van der Waals surface area contributed by atoms with Gasteiger partial charge in [-0.25, -0.2) is 4.79 Å². The van der Waals surface area contributed by atoms with Crippen molar-refractivity contribution in [3.05, 3.63) is 23.0 Å². The summed E-state index contributed by atoms with van der Waals surface area (Å²) in [5, 5.41) is 9.07. The van der Waals surface area contributed by atoms with Crippen LogP contribution >= 0.6 is 0 Å². The fraction of sp³-hybridized carbons (Fsp3) is 0.583. The van der Waals surface area contributed by atoms with Crippen molar-refractivity contribution in [1.82, 2.24) is 4.57 Å². The zero-order valence-electron chi connectivity index (χ0n) is 10.5. The number of aromatic carboxylic acids is 1. The van der Waals surface area contributed by atoms with Gasteiger partial charge in [-0.3, -0.25) is 0 Å². The molecular formula is C12H14F3NO3. The minimum Gasteiger partial charge on any atom is -0.477 e. The van der Waals surface area contributed by atoms with Gasteiger partial charge in [-0.1, -0.05) is 6.92 Å². The van der Waals surface area contributed by atoms with Gasteiger partial charge in [0.25, 0.3) is 0 Å². The van der Waals surface area contributed by atoms with Gasteiger partial charge in [0.1, 0.15) is 11.4 Å². The summed E-state index contributed by atoms with van der Waals surface area (Å²) in [5.41, 5.74) is -1.11. The van der Waals surface area contributed by atoms with Crippen molar-refractivity contribution in [2.45, 2.75) is 32.7 Å². The predicted octanol–water partition coefficient (Wildman–Crippen LogP) is 2.55. The molecule has 1 aromatic rings. The van der Waals surface area contributed by atoms with Crippen molar-refractivity contribution < 1.29 is 27.8 Å². The normalized spacial score (nSPS) is 20.4. The van der Waals surface area contributed by atoms with E-state index >= 15 is 0 Å². The highest BCUT2D eigenvalue weighted by Crippen LogP contribution is 2.34. The fourth-order valence-corrected chi connectivity index (χ4v) is 2.18. The van der Waals surface area contributed by atoms with Crippen LogP contribution in [0.15, 0.2) is 6.07 Å². The number of alkyl halides is 3. The second-order valence-electron chi connectivity index (χ2n) is 4.82. The first-order valence-corrected chi connectivity index (χ1v) is 5.84. The SMILES string of the molecule is Cc1cc(C(F)(F)F)n(CC(C)C2CO2)c1C(=O)O. The molecule has 0 amide bonds. The lowest BCUT2D eigenvalue weighted by molar-refractivity contribution is -0.143. The molecule has 0 spiro atoms. The smallest absolute Gasteiger partial charge is 0.431 e. The molecule has 1 N–H and O–H groups in total. The van der Waals surface area contributed by atoms with Crippen LogP contribution in [0.4, 0.5) is 13.2 Å². The number of hydrogen-bond donors (Lipinski definition) is 1. The van der Waals surface area contributed by atoms with E-state index in [1.165, 1.54) is 6.92 Å². The molecule has 106 valence electrons. The zero-order valence-corrected chi connectivity index (χ0v) is 10.5. The van der Waals surface area contributed by atoms with Crippen molar-refractivity contribution in [2.24, 2.45) is 5.92 Å². The van der Waals surface area contributed by atoms with Gasteiger partial charge in [0.2, 0.25) is 0 Å². The van der Waals surface area contributed by atoms with E-state index in [9.17, 15) is 18.0 Å². The second-order valence-corrected chi connectivity index (χ2v) is 4.82. The third-order valence-corrected chi connectivity index (χ3v) is 3.24. The summed E-state index contributed by atoms with van der Waals surface area (Å²) in [4.78, 5) is 11.1. The molecule has 2 heterocycles. The molecule has 0 saturated carbocycles. The number of nitrogens with zero attached hydrogens (tertiary/aromatic N) is 1. The van der Waals surface area contributed by atoms with Crippen molar-refractivity contribution in [1.29, 1.82) is 0 Å². The van der Waals surface area contributed by atoms with E-state index in [-0.39, 0.29) is 29.8 Å². The number of halogens is 3. The first kappa shape index (κ1) is 13.9. The molecule has 0 aromatic carbocycles. The van der Waals surface area contributed by atoms with Crippen LogP contribution in [-0.4, -0.2) is 28.4 Å². The Hall–Kier alpha value is -1.50. The Bertz CT molecular complexity index is 503.